The smallest absolute Gasteiger partial charge is 0.246 e. The number of halogens is 1. The van der Waals surface area contributed by atoms with Crippen LogP contribution in [0, 0.1) is 0 Å². The van der Waals surface area contributed by atoms with Crippen molar-refractivity contribution in [3.05, 3.63) is 28.7 Å². The van der Waals surface area contributed by atoms with Crippen molar-refractivity contribution in [2.24, 2.45) is 0 Å². The van der Waals surface area contributed by atoms with Crippen LogP contribution >= 0.6 is 15.9 Å². The Morgan fingerprint density at radius 2 is 2.09 bits per heavy atom. The number of hydrogen-bond donors (Lipinski definition) is 0. The van der Waals surface area contributed by atoms with Crippen molar-refractivity contribution in [2.45, 2.75) is 38.8 Å². The number of likely N-dealkylation sites (tertiary alicyclic amines) is 1. The maximum Gasteiger partial charge on any atom is 0.246 e. The summed E-state index contributed by atoms with van der Waals surface area (Å²) in [6.07, 6.45) is 3.34. The molecule has 1 amide bonds. The molecule has 116 valence electrons. The third-order valence-electron chi connectivity index (χ3n) is 3.96. The summed E-state index contributed by atoms with van der Waals surface area (Å²) >= 11 is 3.39. The van der Waals surface area contributed by atoms with Gasteiger partial charge in [-0.2, -0.15) is 4.80 Å². The fourth-order valence-electron chi connectivity index (χ4n) is 2.71. The molecule has 0 saturated carbocycles. The van der Waals surface area contributed by atoms with Crippen LogP contribution in [0.5, 0.6) is 0 Å². The summed E-state index contributed by atoms with van der Waals surface area (Å²) in [6, 6.07) is 7.99. The molecular formula is C15H18BrN5O. The topological polar surface area (TPSA) is 63.9 Å². The lowest BCUT2D eigenvalue weighted by Gasteiger charge is -2.33. The van der Waals surface area contributed by atoms with Crippen molar-refractivity contribution >= 4 is 21.8 Å². The Bertz CT molecular complexity index is 654. The number of hydrogen-bond acceptors (Lipinski definition) is 4. The summed E-state index contributed by atoms with van der Waals surface area (Å²) in [5, 5.41) is 12.3. The molecule has 1 saturated heterocycles. The largest absolute Gasteiger partial charge is 0.338 e. The first-order valence-corrected chi connectivity index (χ1v) is 8.26. The number of rotatable bonds is 3. The zero-order chi connectivity index (χ0) is 15.5. The van der Waals surface area contributed by atoms with Gasteiger partial charge in [0.05, 0.1) is 0 Å². The summed E-state index contributed by atoms with van der Waals surface area (Å²) in [7, 11) is 0. The third kappa shape index (κ3) is 3.35. The molecule has 0 unspecified atom stereocenters. The lowest BCUT2D eigenvalue weighted by molar-refractivity contribution is -0.135. The Morgan fingerprint density at radius 3 is 2.82 bits per heavy atom. The number of aromatic nitrogens is 4. The zero-order valence-corrected chi connectivity index (χ0v) is 14.0. The molecule has 1 aromatic heterocycles. The molecule has 0 spiro atoms. The van der Waals surface area contributed by atoms with Gasteiger partial charge in [0.15, 0.2) is 0 Å². The van der Waals surface area contributed by atoms with E-state index < -0.39 is 0 Å². The number of carbonyl (C=O) groups is 1. The van der Waals surface area contributed by atoms with Gasteiger partial charge in [-0.1, -0.05) is 15.9 Å². The number of carbonyl (C=O) groups excluding carboxylic acids is 1. The van der Waals surface area contributed by atoms with Crippen LogP contribution in [0.2, 0.25) is 0 Å². The molecule has 1 aliphatic heterocycles. The van der Waals surface area contributed by atoms with E-state index in [4.69, 9.17) is 0 Å². The van der Waals surface area contributed by atoms with E-state index in [0.717, 1.165) is 29.4 Å². The van der Waals surface area contributed by atoms with Crippen LogP contribution in [0.25, 0.3) is 11.4 Å². The molecule has 6 nitrogen and oxygen atoms in total. The maximum atomic E-state index is 12.4. The molecule has 0 bridgehead atoms. The second-order valence-electron chi connectivity index (χ2n) is 5.58. The predicted octanol–water partition coefficient (Wildman–Crippen LogP) is 2.50. The first-order chi connectivity index (χ1) is 10.6. The van der Waals surface area contributed by atoms with E-state index in [1.165, 1.54) is 11.2 Å². The van der Waals surface area contributed by atoms with Crippen molar-refractivity contribution in [1.82, 2.24) is 25.1 Å². The van der Waals surface area contributed by atoms with Gasteiger partial charge in [0.2, 0.25) is 11.7 Å². The van der Waals surface area contributed by atoms with Crippen LogP contribution in [-0.4, -0.2) is 43.6 Å². The SMILES string of the molecule is C[C@@H]1CCCCN1C(=O)Cn1nnc(-c2ccc(Br)cc2)n1. The average molecular weight is 364 g/mol. The van der Waals surface area contributed by atoms with Crippen molar-refractivity contribution in [3.8, 4) is 11.4 Å². The zero-order valence-electron chi connectivity index (χ0n) is 12.4. The molecule has 0 N–H and O–H groups in total. The highest BCUT2D eigenvalue weighted by Gasteiger charge is 2.23. The average Bonchev–Trinajstić information content (AvgIpc) is 2.97. The van der Waals surface area contributed by atoms with E-state index in [2.05, 4.69) is 38.3 Å². The van der Waals surface area contributed by atoms with Crippen LogP contribution in [0.4, 0.5) is 0 Å². The highest BCUT2D eigenvalue weighted by molar-refractivity contribution is 9.10. The van der Waals surface area contributed by atoms with E-state index in [1.807, 2.05) is 29.2 Å². The van der Waals surface area contributed by atoms with Gasteiger partial charge in [0, 0.05) is 22.6 Å². The highest BCUT2D eigenvalue weighted by Crippen LogP contribution is 2.18. The Balaban J connectivity index is 1.68. The van der Waals surface area contributed by atoms with Gasteiger partial charge >= 0.3 is 0 Å². The molecule has 7 heteroatoms. The van der Waals surface area contributed by atoms with E-state index in [1.54, 1.807) is 0 Å². The van der Waals surface area contributed by atoms with Crippen LogP contribution < -0.4 is 0 Å². The van der Waals surface area contributed by atoms with Crippen molar-refractivity contribution < 1.29 is 4.79 Å². The van der Waals surface area contributed by atoms with E-state index >= 15 is 0 Å². The van der Waals surface area contributed by atoms with Gasteiger partial charge in [0.25, 0.3) is 0 Å². The highest BCUT2D eigenvalue weighted by atomic mass is 79.9. The summed E-state index contributed by atoms with van der Waals surface area (Å²) in [5.41, 5.74) is 0.883. The van der Waals surface area contributed by atoms with Gasteiger partial charge in [-0.3, -0.25) is 4.79 Å². The Morgan fingerprint density at radius 1 is 1.32 bits per heavy atom. The lowest BCUT2D eigenvalue weighted by Crippen LogP contribution is -2.43. The second-order valence-corrected chi connectivity index (χ2v) is 6.50. The molecule has 0 radical (unpaired) electrons. The van der Waals surface area contributed by atoms with Gasteiger partial charge in [-0.25, -0.2) is 0 Å². The summed E-state index contributed by atoms with van der Waals surface area (Å²) < 4.78 is 0.998. The fraction of sp³-hybridized carbons (Fsp3) is 0.467. The lowest BCUT2D eigenvalue weighted by atomic mass is 10.0. The van der Waals surface area contributed by atoms with Gasteiger partial charge in [0.1, 0.15) is 6.54 Å². The normalized spacial score (nSPS) is 18.5. The summed E-state index contributed by atoms with van der Waals surface area (Å²) in [4.78, 5) is 15.7. The molecule has 1 aliphatic rings. The van der Waals surface area contributed by atoms with E-state index in [-0.39, 0.29) is 12.5 Å². The number of amides is 1. The maximum absolute atomic E-state index is 12.4. The van der Waals surface area contributed by atoms with Crippen molar-refractivity contribution in [3.63, 3.8) is 0 Å². The second kappa shape index (κ2) is 6.56. The molecule has 0 aliphatic carbocycles. The molecule has 3 rings (SSSR count). The van der Waals surface area contributed by atoms with E-state index in [0.29, 0.717) is 11.9 Å². The first kappa shape index (κ1) is 15.1. The van der Waals surface area contributed by atoms with Crippen molar-refractivity contribution in [1.29, 1.82) is 0 Å². The molecule has 2 aromatic rings. The standard InChI is InChI=1S/C15H18BrN5O/c1-11-4-2-3-9-20(11)14(22)10-21-18-15(17-19-21)12-5-7-13(16)8-6-12/h5-8,11H,2-4,9-10H2,1H3/t11-/m1/s1. The van der Waals surface area contributed by atoms with Crippen LogP contribution in [0.3, 0.4) is 0 Å². The monoisotopic (exact) mass is 363 g/mol. The number of nitrogens with zero attached hydrogens (tertiary/aromatic N) is 5. The minimum Gasteiger partial charge on any atom is -0.338 e. The molecule has 1 atom stereocenters. The summed E-state index contributed by atoms with van der Waals surface area (Å²) in [5.74, 6) is 0.596. The molecule has 22 heavy (non-hydrogen) atoms. The van der Waals surface area contributed by atoms with Crippen molar-refractivity contribution in [2.75, 3.05) is 6.54 Å². The third-order valence-corrected chi connectivity index (χ3v) is 4.48. The van der Waals surface area contributed by atoms with E-state index in [9.17, 15) is 4.79 Å². The fourth-order valence-corrected chi connectivity index (χ4v) is 2.97. The number of benzene rings is 1. The Hall–Kier alpha value is -1.76. The quantitative estimate of drug-likeness (QED) is 0.840. The number of piperidine rings is 1. The molecular weight excluding hydrogens is 346 g/mol. The Kier molecular flexibility index (Phi) is 4.52. The minimum atomic E-state index is 0.0620. The molecule has 2 heterocycles. The number of tetrazole rings is 1. The van der Waals surface area contributed by atoms with Gasteiger partial charge < -0.3 is 4.90 Å². The van der Waals surface area contributed by atoms with Gasteiger partial charge in [-0.15, -0.1) is 10.2 Å². The minimum absolute atomic E-state index is 0.0620. The Labute approximate surface area is 137 Å². The molecule has 1 aromatic carbocycles. The van der Waals surface area contributed by atoms with Crippen LogP contribution in [-0.2, 0) is 11.3 Å². The summed E-state index contributed by atoms with van der Waals surface area (Å²) in [6.45, 7) is 3.07. The van der Waals surface area contributed by atoms with Gasteiger partial charge in [-0.05, 0) is 55.7 Å². The van der Waals surface area contributed by atoms with Crippen LogP contribution in [0.1, 0.15) is 26.2 Å². The predicted molar refractivity (Wildman–Crippen MR) is 86.0 cm³/mol. The first-order valence-electron chi connectivity index (χ1n) is 7.47. The molecule has 1 fully saturated rings. The van der Waals surface area contributed by atoms with Crippen LogP contribution in [0.15, 0.2) is 28.7 Å².